The van der Waals surface area contributed by atoms with Crippen LogP contribution in [0.1, 0.15) is 22.6 Å². The molecule has 3 rings (SSSR count). The molecule has 1 saturated heterocycles. The first-order valence-corrected chi connectivity index (χ1v) is 9.06. The summed E-state index contributed by atoms with van der Waals surface area (Å²) in [5, 5.41) is 14.8. The Kier molecular flexibility index (Phi) is 4.63. The lowest BCUT2D eigenvalue weighted by molar-refractivity contribution is -0.163. The highest BCUT2D eigenvalue weighted by atomic mass is 32.1. The Morgan fingerprint density at radius 3 is 2.45 bits per heavy atom. The van der Waals surface area contributed by atoms with E-state index in [0.717, 1.165) is 19.4 Å². The second-order valence-electron chi connectivity index (χ2n) is 5.54. The zero-order valence-electron chi connectivity index (χ0n) is 12.4. The summed E-state index contributed by atoms with van der Waals surface area (Å²) in [7, 11) is 2.04. The summed E-state index contributed by atoms with van der Waals surface area (Å²) in [4.78, 5) is 16.0. The smallest absolute Gasteiger partial charge is 0.349 e. The number of esters is 1. The van der Waals surface area contributed by atoms with E-state index in [1.54, 1.807) is 12.1 Å². The lowest BCUT2D eigenvalue weighted by atomic mass is 10.00. The maximum Gasteiger partial charge on any atom is 0.349 e. The van der Waals surface area contributed by atoms with Gasteiger partial charge in [0.05, 0.1) is 9.75 Å². The maximum absolute atomic E-state index is 12.6. The number of likely N-dealkylation sites (tertiary alicyclic amines) is 1. The summed E-state index contributed by atoms with van der Waals surface area (Å²) < 4.78 is 5.49. The Labute approximate surface area is 138 Å². The van der Waals surface area contributed by atoms with Gasteiger partial charge in [-0.05, 0) is 49.3 Å². The molecule has 1 atom stereocenters. The van der Waals surface area contributed by atoms with Crippen molar-refractivity contribution >= 4 is 28.6 Å². The van der Waals surface area contributed by atoms with Gasteiger partial charge < -0.3 is 14.7 Å². The van der Waals surface area contributed by atoms with Gasteiger partial charge in [0.1, 0.15) is 6.61 Å². The number of hydrogen-bond acceptors (Lipinski definition) is 6. The van der Waals surface area contributed by atoms with Crippen molar-refractivity contribution in [3.63, 3.8) is 0 Å². The average molecular weight is 337 g/mol. The molecule has 2 aromatic heterocycles. The van der Waals surface area contributed by atoms with Crippen LogP contribution in [0.25, 0.3) is 0 Å². The van der Waals surface area contributed by atoms with Gasteiger partial charge in [-0.15, -0.1) is 22.7 Å². The summed E-state index contributed by atoms with van der Waals surface area (Å²) in [6.07, 6.45) is 2.15. The summed E-state index contributed by atoms with van der Waals surface area (Å²) in [6.45, 7) is 1.36. The van der Waals surface area contributed by atoms with Gasteiger partial charge in [-0.3, -0.25) is 0 Å². The quantitative estimate of drug-likeness (QED) is 0.852. The van der Waals surface area contributed by atoms with Crippen LogP contribution in [0.5, 0.6) is 0 Å². The van der Waals surface area contributed by atoms with E-state index < -0.39 is 11.6 Å². The Morgan fingerprint density at radius 1 is 1.36 bits per heavy atom. The SMILES string of the molecule is CN1CCC[C@H]1COC(=O)C(O)(c1cccs1)c1cccs1. The number of carbonyl (C=O) groups excluding carboxylic acids is 1. The topological polar surface area (TPSA) is 49.8 Å². The maximum atomic E-state index is 12.6. The van der Waals surface area contributed by atoms with Crippen LogP contribution in [0, 0.1) is 0 Å². The van der Waals surface area contributed by atoms with Gasteiger partial charge in [0, 0.05) is 6.04 Å². The zero-order chi connectivity index (χ0) is 15.6. The predicted molar refractivity (Wildman–Crippen MR) is 88.2 cm³/mol. The monoisotopic (exact) mass is 337 g/mol. The fraction of sp³-hybridized carbons (Fsp3) is 0.438. The van der Waals surface area contributed by atoms with Crippen molar-refractivity contribution in [1.29, 1.82) is 0 Å². The highest BCUT2D eigenvalue weighted by Gasteiger charge is 2.44. The van der Waals surface area contributed by atoms with Crippen LogP contribution >= 0.6 is 22.7 Å². The van der Waals surface area contributed by atoms with E-state index in [-0.39, 0.29) is 6.04 Å². The fourth-order valence-corrected chi connectivity index (χ4v) is 4.47. The molecule has 0 aliphatic carbocycles. The number of carbonyl (C=O) groups is 1. The number of aliphatic hydroxyl groups is 1. The van der Waals surface area contributed by atoms with Crippen LogP contribution in [-0.2, 0) is 15.1 Å². The Hall–Kier alpha value is -1.21. The van der Waals surface area contributed by atoms with Gasteiger partial charge in [-0.1, -0.05) is 12.1 Å². The number of nitrogens with zero attached hydrogens (tertiary/aromatic N) is 1. The van der Waals surface area contributed by atoms with Gasteiger partial charge in [0.2, 0.25) is 5.60 Å². The molecule has 0 radical (unpaired) electrons. The van der Waals surface area contributed by atoms with Crippen molar-refractivity contribution in [3.05, 3.63) is 44.8 Å². The zero-order valence-corrected chi connectivity index (χ0v) is 14.0. The van der Waals surface area contributed by atoms with Gasteiger partial charge in [0.15, 0.2) is 0 Å². The third kappa shape index (κ3) is 2.84. The van der Waals surface area contributed by atoms with E-state index in [9.17, 15) is 9.90 Å². The van der Waals surface area contributed by atoms with Crippen LogP contribution in [0.3, 0.4) is 0 Å². The Bertz CT molecular complexity index is 575. The molecule has 3 heterocycles. The largest absolute Gasteiger partial charge is 0.461 e. The van der Waals surface area contributed by atoms with Crippen molar-refractivity contribution in [2.75, 3.05) is 20.2 Å². The summed E-state index contributed by atoms with van der Waals surface area (Å²) in [5.74, 6) is -0.585. The third-order valence-corrected chi connectivity index (χ3v) is 6.09. The number of rotatable bonds is 5. The minimum Gasteiger partial charge on any atom is -0.461 e. The van der Waals surface area contributed by atoms with Crippen LogP contribution in [-0.4, -0.2) is 42.2 Å². The molecule has 1 fully saturated rings. The molecular formula is C16H19NO3S2. The molecule has 0 bridgehead atoms. The van der Waals surface area contributed by atoms with Gasteiger partial charge in [-0.25, -0.2) is 4.79 Å². The Balaban J connectivity index is 1.79. The highest BCUT2D eigenvalue weighted by molar-refractivity contribution is 7.12. The highest BCUT2D eigenvalue weighted by Crippen LogP contribution is 2.36. The molecule has 1 aliphatic heterocycles. The normalized spacial score (nSPS) is 19.5. The molecule has 0 aromatic carbocycles. The van der Waals surface area contributed by atoms with Crippen LogP contribution in [0.4, 0.5) is 0 Å². The Morgan fingerprint density at radius 2 is 2.00 bits per heavy atom. The second kappa shape index (κ2) is 6.50. The minimum absolute atomic E-state index is 0.250. The molecule has 4 nitrogen and oxygen atoms in total. The number of thiophene rings is 2. The first kappa shape index (κ1) is 15.7. The van der Waals surface area contributed by atoms with Crippen molar-refractivity contribution in [1.82, 2.24) is 4.90 Å². The van der Waals surface area contributed by atoms with Crippen molar-refractivity contribution in [2.24, 2.45) is 0 Å². The summed E-state index contributed by atoms with van der Waals surface area (Å²) >= 11 is 2.72. The fourth-order valence-electron chi connectivity index (χ4n) is 2.76. The van der Waals surface area contributed by atoms with Crippen LogP contribution < -0.4 is 0 Å². The van der Waals surface area contributed by atoms with E-state index in [4.69, 9.17) is 4.74 Å². The van der Waals surface area contributed by atoms with Gasteiger partial charge >= 0.3 is 5.97 Å². The lowest BCUT2D eigenvalue weighted by Gasteiger charge is -2.26. The first-order valence-electron chi connectivity index (χ1n) is 7.30. The standard InChI is InChI=1S/C16H19NO3S2/c1-17-8-2-5-12(17)11-20-15(18)16(19,13-6-3-9-21-13)14-7-4-10-22-14/h3-4,6-7,9-10,12,19H,2,5,8,11H2,1H3/t12-/m0/s1. The van der Waals surface area contributed by atoms with Crippen molar-refractivity contribution < 1.29 is 14.6 Å². The van der Waals surface area contributed by atoms with Crippen LogP contribution in [0.2, 0.25) is 0 Å². The predicted octanol–water partition coefficient (Wildman–Crippen LogP) is 2.68. The summed E-state index contributed by atoms with van der Waals surface area (Å²) in [5.41, 5.74) is -1.69. The molecule has 2 aromatic rings. The molecule has 0 saturated carbocycles. The van der Waals surface area contributed by atoms with Crippen molar-refractivity contribution in [2.45, 2.75) is 24.5 Å². The first-order chi connectivity index (χ1) is 10.6. The molecule has 0 spiro atoms. The van der Waals surface area contributed by atoms with E-state index in [1.165, 1.54) is 22.7 Å². The average Bonchev–Trinajstić information content (AvgIpc) is 3.26. The third-order valence-electron chi connectivity index (χ3n) is 4.13. The molecule has 118 valence electrons. The van der Waals surface area contributed by atoms with E-state index in [1.807, 2.05) is 29.9 Å². The molecular weight excluding hydrogens is 318 g/mol. The number of ether oxygens (including phenoxy) is 1. The van der Waals surface area contributed by atoms with E-state index in [0.29, 0.717) is 16.4 Å². The second-order valence-corrected chi connectivity index (χ2v) is 7.44. The van der Waals surface area contributed by atoms with Gasteiger partial charge in [0.25, 0.3) is 0 Å². The molecule has 1 aliphatic rings. The molecule has 0 amide bonds. The number of likely N-dealkylation sites (N-methyl/N-ethyl adjacent to an activating group) is 1. The number of hydrogen-bond donors (Lipinski definition) is 1. The van der Waals surface area contributed by atoms with E-state index >= 15 is 0 Å². The molecule has 1 N–H and O–H groups in total. The lowest BCUT2D eigenvalue weighted by Crippen LogP contribution is -2.40. The minimum atomic E-state index is -1.69. The summed E-state index contributed by atoms with van der Waals surface area (Å²) in [6, 6.07) is 7.45. The van der Waals surface area contributed by atoms with Gasteiger partial charge in [-0.2, -0.15) is 0 Å². The van der Waals surface area contributed by atoms with E-state index in [2.05, 4.69) is 4.90 Å². The van der Waals surface area contributed by atoms with Crippen molar-refractivity contribution in [3.8, 4) is 0 Å². The molecule has 0 unspecified atom stereocenters. The molecule has 22 heavy (non-hydrogen) atoms. The van der Waals surface area contributed by atoms with Crippen LogP contribution in [0.15, 0.2) is 35.0 Å². The molecule has 6 heteroatoms.